The van der Waals surface area contributed by atoms with Crippen molar-refractivity contribution in [2.45, 2.75) is 44.6 Å². The maximum atomic E-state index is 14.4. The number of halogens is 5. The molecule has 1 unspecified atom stereocenters. The smallest absolute Gasteiger partial charge is 0.390 e. The molecule has 6 nitrogen and oxygen atoms in total. The molecule has 0 bridgehead atoms. The van der Waals surface area contributed by atoms with Gasteiger partial charge < -0.3 is 10.0 Å². The summed E-state index contributed by atoms with van der Waals surface area (Å²) in [5.41, 5.74) is 0.454. The van der Waals surface area contributed by atoms with Gasteiger partial charge in [-0.25, -0.2) is 13.8 Å². The molecule has 1 aliphatic heterocycles. The zero-order chi connectivity index (χ0) is 24.4. The lowest BCUT2D eigenvalue weighted by Crippen LogP contribution is -2.35. The molecule has 1 aromatic carbocycles. The Morgan fingerprint density at radius 3 is 2.65 bits per heavy atom. The largest absolute Gasteiger partial charge is 0.433 e. The Bertz CT molecular complexity index is 1300. The molecule has 0 saturated carbocycles. The number of hydrogen-bond acceptors (Lipinski definition) is 4. The van der Waals surface area contributed by atoms with E-state index in [0.29, 0.717) is 24.2 Å². The van der Waals surface area contributed by atoms with Crippen molar-refractivity contribution in [1.82, 2.24) is 19.7 Å². The van der Waals surface area contributed by atoms with Crippen LogP contribution in [0, 0.1) is 11.6 Å². The van der Waals surface area contributed by atoms with Crippen molar-refractivity contribution >= 4 is 5.91 Å². The second-order valence-corrected chi connectivity index (χ2v) is 8.49. The summed E-state index contributed by atoms with van der Waals surface area (Å²) in [6.45, 7) is 1.81. The molecule has 2 aromatic heterocycles. The van der Waals surface area contributed by atoms with Crippen LogP contribution in [0.3, 0.4) is 0 Å². The predicted molar refractivity (Wildman–Crippen MR) is 109 cm³/mol. The number of carbonyl (C=O) groups is 1. The molecule has 11 heteroatoms. The first-order valence-corrected chi connectivity index (χ1v) is 10.6. The van der Waals surface area contributed by atoms with Crippen molar-refractivity contribution in [3.8, 4) is 11.4 Å². The van der Waals surface area contributed by atoms with E-state index >= 15 is 0 Å². The molecule has 0 saturated heterocycles. The quantitative estimate of drug-likeness (QED) is 0.571. The average molecular weight is 478 g/mol. The van der Waals surface area contributed by atoms with Gasteiger partial charge >= 0.3 is 6.18 Å². The van der Waals surface area contributed by atoms with Crippen molar-refractivity contribution in [3.63, 3.8) is 0 Å². The monoisotopic (exact) mass is 478 g/mol. The lowest BCUT2D eigenvalue weighted by Gasteiger charge is -2.28. The second-order valence-electron chi connectivity index (χ2n) is 8.49. The van der Waals surface area contributed by atoms with E-state index < -0.39 is 35.7 Å². The van der Waals surface area contributed by atoms with Gasteiger partial charge in [0, 0.05) is 50.2 Å². The van der Waals surface area contributed by atoms with Gasteiger partial charge in [0.2, 0.25) is 5.91 Å². The number of carbonyl (C=O) groups excluding carboxylic acids is 1. The van der Waals surface area contributed by atoms with Crippen molar-refractivity contribution in [1.29, 1.82) is 0 Å². The van der Waals surface area contributed by atoms with Gasteiger partial charge in [0.15, 0.2) is 0 Å². The normalized spacial score (nSPS) is 19.8. The summed E-state index contributed by atoms with van der Waals surface area (Å²) >= 11 is 0. The number of rotatable bonds is 2. The Hall–Kier alpha value is -3.34. The van der Waals surface area contributed by atoms with Crippen LogP contribution in [0.2, 0.25) is 0 Å². The van der Waals surface area contributed by atoms with Crippen LogP contribution >= 0.6 is 0 Å². The maximum Gasteiger partial charge on any atom is 0.433 e. The zero-order valence-electron chi connectivity index (χ0n) is 17.9. The summed E-state index contributed by atoms with van der Waals surface area (Å²) in [4.78, 5) is 17.3. The summed E-state index contributed by atoms with van der Waals surface area (Å²) in [6.07, 6.45) is -5.54. The first kappa shape index (κ1) is 22.5. The number of hydrogen-bond donors (Lipinski definition) is 1. The average Bonchev–Trinajstić information content (AvgIpc) is 3.30. The molecule has 3 heterocycles. The van der Waals surface area contributed by atoms with Crippen molar-refractivity contribution in [2.75, 3.05) is 6.54 Å². The summed E-state index contributed by atoms with van der Waals surface area (Å²) in [7, 11) is 0. The molecule has 2 aliphatic rings. The van der Waals surface area contributed by atoms with Crippen molar-refractivity contribution < 1.29 is 31.9 Å². The van der Waals surface area contributed by atoms with Crippen molar-refractivity contribution in [3.05, 3.63) is 70.0 Å². The molecule has 0 spiro atoms. The number of aromatic nitrogens is 3. The molecular formula is C23H19F5N4O2. The molecule has 1 amide bonds. The maximum absolute atomic E-state index is 14.4. The highest BCUT2D eigenvalue weighted by atomic mass is 19.4. The van der Waals surface area contributed by atoms with Crippen LogP contribution in [-0.2, 0) is 30.4 Å². The van der Waals surface area contributed by atoms with Gasteiger partial charge in [0.1, 0.15) is 29.1 Å². The Labute approximate surface area is 190 Å². The van der Waals surface area contributed by atoms with Crippen molar-refractivity contribution in [2.24, 2.45) is 0 Å². The topological polar surface area (TPSA) is 71.2 Å². The molecule has 34 heavy (non-hydrogen) atoms. The highest BCUT2D eigenvalue weighted by Gasteiger charge is 2.40. The minimum Gasteiger partial charge on any atom is -0.390 e. The fourth-order valence-corrected chi connectivity index (χ4v) is 4.80. The Morgan fingerprint density at radius 2 is 1.94 bits per heavy atom. The van der Waals surface area contributed by atoms with Crippen LogP contribution in [0.15, 0.2) is 30.3 Å². The fourth-order valence-electron chi connectivity index (χ4n) is 4.80. The number of aliphatic hydroxyl groups is 1. The van der Waals surface area contributed by atoms with E-state index in [2.05, 4.69) is 10.1 Å². The molecule has 5 rings (SSSR count). The van der Waals surface area contributed by atoms with Gasteiger partial charge in [-0.2, -0.15) is 18.3 Å². The third-order valence-electron chi connectivity index (χ3n) is 6.37. The number of benzene rings is 1. The first-order chi connectivity index (χ1) is 16.0. The molecule has 3 aromatic rings. The highest BCUT2D eigenvalue weighted by molar-refractivity contribution is 5.74. The van der Waals surface area contributed by atoms with E-state index in [1.54, 1.807) is 0 Å². The van der Waals surface area contributed by atoms with Gasteiger partial charge in [0.05, 0.1) is 11.8 Å². The zero-order valence-corrected chi connectivity index (χ0v) is 17.9. The van der Waals surface area contributed by atoms with E-state index in [0.717, 1.165) is 18.2 Å². The summed E-state index contributed by atoms with van der Waals surface area (Å²) < 4.78 is 69.7. The Kier molecular flexibility index (Phi) is 5.19. The van der Waals surface area contributed by atoms with Crippen LogP contribution in [-0.4, -0.2) is 43.3 Å². The lowest BCUT2D eigenvalue weighted by molar-refractivity contribution is -0.141. The standard InChI is InChI=1S/C23H19F5N4O2/c1-11(33)31-6-5-18-15(10-31)21(17-3-2-4-20(29-17)23(26,27)28)30-32(18)22-14-7-12(24)8-16(25)13(14)9-19(22)34/h2-4,7-8,19,22,34H,5-6,9-10H2,1H3/t19-,22?/m1/s1. The molecule has 0 fully saturated rings. The minimum absolute atomic E-state index is 0.0478. The predicted octanol–water partition coefficient (Wildman–Crippen LogP) is 3.65. The molecule has 1 aliphatic carbocycles. The third-order valence-corrected chi connectivity index (χ3v) is 6.37. The molecule has 2 atom stereocenters. The highest BCUT2D eigenvalue weighted by Crippen LogP contribution is 2.40. The number of aliphatic hydroxyl groups excluding tert-OH is 1. The van der Waals surface area contributed by atoms with Gasteiger partial charge in [-0.1, -0.05) is 6.07 Å². The van der Waals surface area contributed by atoms with Crippen LogP contribution in [0.25, 0.3) is 11.4 Å². The van der Waals surface area contributed by atoms with Gasteiger partial charge in [0.25, 0.3) is 0 Å². The van der Waals surface area contributed by atoms with Gasteiger partial charge in [-0.05, 0) is 29.3 Å². The number of pyridine rings is 1. The molecule has 178 valence electrons. The van der Waals surface area contributed by atoms with Crippen LogP contribution in [0.1, 0.15) is 41.0 Å². The Balaban J connectivity index is 1.69. The van der Waals surface area contributed by atoms with E-state index in [4.69, 9.17) is 0 Å². The van der Waals surface area contributed by atoms with E-state index in [-0.39, 0.29) is 41.4 Å². The lowest BCUT2D eigenvalue weighted by atomic mass is 10.0. The minimum atomic E-state index is -4.67. The second kappa shape index (κ2) is 7.86. The Morgan fingerprint density at radius 1 is 1.18 bits per heavy atom. The molecular weight excluding hydrogens is 459 g/mol. The van der Waals surface area contributed by atoms with E-state index in [1.165, 1.54) is 28.6 Å². The SMILES string of the molecule is CC(=O)N1CCc2c(c(-c3cccc(C(F)(F)F)n3)nn2C2c3cc(F)cc(F)c3C[C@H]2O)C1. The number of alkyl halides is 3. The number of amides is 1. The van der Waals surface area contributed by atoms with E-state index in [9.17, 15) is 31.9 Å². The van der Waals surface area contributed by atoms with E-state index in [1.807, 2.05) is 0 Å². The fraction of sp³-hybridized carbons (Fsp3) is 0.348. The summed E-state index contributed by atoms with van der Waals surface area (Å²) in [5, 5.41) is 15.3. The van der Waals surface area contributed by atoms with Crippen LogP contribution in [0.4, 0.5) is 22.0 Å². The van der Waals surface area contributed by atoms with Gasteiger partial charge in [-0.15, -0.1) is 0 Å². The van der Waals surface area contributed by atoms with Crippen LogP contribution < -0.4 is 0 Å². The van der Waals surface area contributed by atoms with Gasteiger partial charge in [-0.3, -0.25) is 9.48 Å². The number of nitrogens with zero attached hydrogens (tertiary/aromatic N) is 4. The third kappa shape index (κ3) is 3.64. The number of fused-ring (bicyclic) bond motifs is 2. The summed E-state index contributed by atoms with van der Waals surface area (Å²) in [6, 6.07) is 4.39. The molecule has 0 radical (unpaired) electrons. The molecule has 1 N–H and O–H groups in total. The first-order valence-electron chi connectivity index (χ1n) is 10.6. The van der Waals surface area contributed by atoms with Crippen LogP contribution in [0.5, 0.6) is 0 Å². The summed E-state index contributed by atoms with van der Waals surface area (Å²) in [5.74, 6) is -1.80.